The number of aliphatic carboxylic acids is 1. The number of nitrogens with one attached hydrogen (secondary N) is 1. The molecule has 0 aromatic heterocycles. The Morgan fingerprint density at radius 2 is 1.40 bits per heavy atom. The van der Waals surface area contributed by atoms with Crippen LogP contribution in [0.5, 0.6) is 11.5 Å². The van der Waals surface area contributed by atoms with E-state index in [9.17, 15) is 14.7 Å². The van der Waals surface area contributed by atoms with Crippen LogP contribution < -0.4 is 14.8 Å². The Labute approximate surface area is 235 Å². The van der Waals surface area contributed by atoms with Crippen molar-refractivity contribution in [3.05, 3.63) is 115 Å². The third kappa shape index (κ3) is 7.86. The number of rotatable bonds is 12. The second-order valence-corrected chi connectivity index (χ2v) is 9.77. The molecule has 0 radical (unpaired) electrons. The number of para-hydroxylation sites is 1. The third-order valence-electron chi connectivity index (χ3n) is 6.50. The fraction of sp³-hybridized carbons (Fsp3) is 0.212. The molecule has 4 rings (SSSR count). The highest BCUT2D eigenvalue weighted by atomic mass is 16.5. The van der Waals surface area contributed by atoms with Crippen LogP contribution >= 0.6 is 0 Å². The van der Waals surface area contributed by atoms with Gasteiger partial charge in [0.05, 0.1) is 6.61 Å². The van der Waals surface area contributed by atoms with Crippen LogP contribution in [0, 0.1) is 0 Å². The molecule has 2 amide bonds. The molecule has 1 atom stereocenters. The van der Waals surface area contributed by atoms with Crippen LogP contribution in [0.2, 0.25) is 0 Å². The molecule has 1 unspecified atom stereocenters. The lowest BCUT2D eigenvalue weighted by Crippen LogP contribution is -2.43. The number of hydrogen-bond acceptors (Lipinski definition) is 4. The number of ether oxygens (including phenoxy) is 2. The molecule has 4 aromatic rings. The monoisotopic (exact) mass is 538 g/mol. The molecule has 0 saturated heterocycles. The van der Waals surface area contributed by atoms with Crippen molar-refractivity contribution < 1.29 is 24.2 Å². The maximum atomic E-state index is 12.6. The number of urea groups is 1. The van der Waals surface area contributed by atoms with Gasteiger partial charge in [0.2, 0.25) is 5.60 Å². The van der Waals surface area contributed by atoms with Gasteiger partial charge in [-0.3, -0.25) is 0 Å². The molecular formula is C33H34N2O5. The van der Waals surface area contributed by atoms with Gasteiger partial charge in [-0.15, -0.1) is 0 Å². The Kier molecular flexibility index (Phi) is 9.41. The number of carboxylic acid groups (broad SMARTS) is 1. The Morgan fingerprint density at radius 1 is 0.800 bits per heavy atom. The average Bonchev–Trinajstić information content (AvgIpc) is 2.97. The molecule has 4 aromatic carbocycles. The van der Waals surface area contributed by atoms with Gasteiger partial charge in [0.15, 0.2) is 0 Å². The highest BCUT2D eigenvalue weighted by Gasteiger charge is 2.36. The van der Waals surface area contributed by atoms with Gasteiger partial charge in [0, 0.05) is 25.7 Å². The highest BCUT2D eigenvalue weighted by Crippen LogP contribution is 2.24. The molecule has 0 aliphatic rings. The lowest BCUT2D eigenvalue weighted by atomic mass is 9.96. The number of hydrogen-bond donors (Lipinski definition) is 2. The predicted octanol–water partition coefficient (Wildman–Crippen LogP) is 6.75. The topological polar surface area (TPSA) is 88.1 Å². The minimum Gasteiger partial charge on any atom is -0.494 e. The summed E-state index contributed by atoms with van der Waals surface area (Å²) < 4.78 is 11.6. The molecule has 206 valence electrons. The smallest absolute Gasteiger partial charge is 0.348 e. The number of carbonyl (C=O) groups excluding carboxylic acids is 1. The van der Waals surface area contributed by atoms with Crippen molar-refractivity contribution in [1.29, 1.82) is 0 Å². The molecule has 2 N–H and O–H groups in total. The number of amides is 2. The Bertz CT molecular complexity index is 1380. The Balaban J connectivity index is 1.20. The first-order chi connectivity index (χ1) is 19.3. The molecule has 0 aliphatic carbocycles. The van der Waals surface area contributed by atoms with Crippen molar-refractivity contribution in [2.45, 2.75) is 25.4 Å². The summed E-state index contributed by atoms with van der Waals surface area (Å²) >= 11 is 0. The number of nitrogens with zero attached hydrogens (tertiary/aromatic N) is 1. The van der Waals surface area contributed by atoms with Crippen LogP contribution in [0.1, 0.15) is 18.9 Å². The number of carboxylic acids is 1. The molecule has 0 heterocycles. The van der Waals surface area contributed by atoms with Crippen molar-refractivity contribution in [3.8, 4) is 22.6 Å². The lowest BCUT2D eigenvalue weighted by molar-refractivity contribution is -0.153. The Morgan fingerprint density at radius 3 is 2.02 bits per heavy atom. The zero-order valence-electron chi connectivity index (χ0n) is 22.7. The van der Waals surface area contributed by atoms with Crippen LogP contribution in [-0.2, 0) is 11.2 Å². The summed E-state index contributed by atoms with van der Waals surface area (Å²) in [7, 11) is 1.75. The van der Waals surface area contributed by atoms with Crippen molar-refractivity contribution >= 4 is 17.7 Å². The van der Waals surface area contributed by atoms with E-state index in [4.69, 9.17) is 9.47 Å². The third-order valence-corrected chi connectivity index (χ3v) is 6.50. The van der Waals surface area contributed by atoms with Crippen molar-refractivity contribution in [2.24, 2.45) is 0 Å². The summed E-state index contributed by atoms with van der Waals surface area (Å²) in [4.78, 5) is 26.2. The summed E-state index contributed by atoms with van der Waals surface area (Å²) in [6.07, 6.45) is 0.854. The number of anilines is 1. The van der Waals surface area contributed by atoms with E-state index < -0.39 is 11.6 Å². The summed E-state index contributed by atoms with van der Waals surface area (Å²) in [5, 5.41) is 12.7. The Hall–Kier alpha value is -4.78. The van der Waals surface area contributed by atoms with Crippen molar-refractivity contribution in [1.82, 2.24) is 4.90 Å². The minimum atomic E-state index is -1.40. The summed E-state index contributed by atoms with van der Waals surface area (Å²) in [5.74, 6) is 0.149. The van der Waals surface area contributed by atoms with E-state index in [0.29, 0.717) is 31.1 Å². The van der Waals surface area contributed by atoms with Crippen LogP contribution in [0.4, 0.5) is 10.5 Å². The largest absolute Gasteiger partial charge is 0.494 e. The summed E-state index contributed by atoms with van der Waals surface area (Å²) in [5.41, 5.74) is 2.37. The zero-order valence-corrected chi connectivity index (χ0v) is 22.7. The fourth-order valence-corrected chi connectivity index (χ4v) is 4.19. The predicted molar refractivity (Wildman–Crippen MR) is 157 cm³/mol. The standard InChI is InChI=1S/C33H34N2O5/c1-33(31(36)37,40-30-12-7-4-8-13-30)24-25-14-20-29(21-15-25)39-23-9-22-35(2)32(38)34-28-18-16-27(17-19-28)26-10-5-3-6-11-26/h3-8,10-21H,9,22-24H2,1-2H3,(H,34,38)(H,36,37). The van der Waals surface area contributed by atoms with E-state index in [1.807, 2.05) is 72.8 Å². The highest BCUT2D eigenvalue weighted by molar-refractivity contribution is 5.89. The molecule has 0 spiro atoms. The van der Waals surface area contributed by atoms with E-state index >= 15 is 0 Å². The van der Waals surface area contributed by atoms with Crippen LogP contribution in [0.25, 0.3) is 11.1 Å². The zero-order chi connectivity index (χ0) is 28.4. The molecule has 0 aliphatic heterocycles. The first kappa shape index (κ1) is 28.2. The van der Waals surface area contributed by atoms with Crippen LogP contribution in [0.3, 0.4) is 0 Å². The second kappa shape index (κ2) is 13.3. The van der Waals surface area contributed by atoms with E-state index in [1.54, 1.807) is 43.1 Å². The molecule has 0 saturated carbocycles. The van der Waals surface area contributed by atoms with Gasteiger partial charge in [0.25, 0.3) is 0 Å². The van der Waals surface area contributed by atoms with E-state index in [2.05, 4.69) is 17.4 Å². The van der Waals surface area contributed by atoms with Gasteiger partial charge in [-0.05, 0) is 66.4 Å². The van der Waals surface area contributed by atoms with Crippen LogP contribution in [-0.4, -0.2) is 47.8 Å². The fourth-order valence-electron chi connectivity index (χ4n) is 4.19. The van der Waals surface area contributed by atoms with Gasteiger partial charge in [-0.1, -0.05) is 72.8 Å². The second-order valence-electron chi connectivity index (χ2n) is 9.77. The van der Waals surface area contributed by atoms with E-state index in [-0.39, 0.29) is 12.5 Å². The first-order valence-corrected chi connectivity index (χ1v) is 13.2. The van der Waals surface area contributed by atoms with Crippen LogP contribution in [0.15, 0.2) is 109 Å². The molecule has 0 fully saturated rings. The maximum Gasteiger partial charge on any atom is 0.348 e. The number of carbonyl (C=O) groups is 2. The summed E-state index contributed by atoms with van der Waals surface area (Å²) in [6.45, 7) is 2.53. The first-order valence-electron chi connectivity index (χ1n) is 13.2. The van der Waals surface area contributed by atoms with Crippen molar-refractivity contribution in [2.75, 3.05) is 25.5 Å². The van der Waals surface area contributed by atoms with Gasteiger partial charge < -0.3 is 24.8 Å². The maximum absolute atomic E-state index is 12.6. The molecular weight excluding hydrogens is 504 g/mol. The molecule has 0 bridgehead atoms. The van der Waals surface area contributed by atoms with Gasteiger partial charge in [0.1, 0.15) is 11.5 Å². The number of benzene rings is 4. The van der Waals surface area contributed by atoms with E-state index in [1.165, 1.54) is 0 Å². The molecule has 40 heavy (non-hydrogen) atoms. The van der Waals surface area contributed by atoms with Crippen molar-refractivity contribution in [3.63, 3.8) is 0 Å². The summed E-state index contributed by atoms with van der Waals surface area (Å²) in [6, 6.07) is 33.9. The SMILES string of the molecule is CN(CCCOc1ccc(CC(C)(Oc2ccccc2)C(=O)O)cc1)C(=O)Nc1ccc(-c2ccccc2)cc1. The normalized spacial score (nSPS) is 12.2. The molecule has 7 nitrogen and oxygen atoms in total. The average molecular weight is 539 g/mol. The quantitative estimate of drug-likeness (QED) is 0.195. The van der Waals surface area contributed by atoms with Gasteiger partial charge in [-0.25, -0.2) is 9.59 Å². The molecule has 7 heteroatoms. The van der Waals surface area contributed by atoms with Gasteiger partial charge in [-0.2, -0.15) is 0 Å². The minimum absolute atomic E-state index is 0.184. The van der Waals surface area contributed by atoms with E-state index in [0.717, 1.165) is 22.4 Å². The van der Waals surface area contributed by atoms with Gasteiger partial charge >= 0.3 is 12.0 Å². The lowest BCUT2D eigenvalue weighted by Gasteiger charge is -2.26.